The van der Waals surface area contributed by atoms with Crippen LogP contribution in [-0.4, -0.2) is 22.7 Å². The fraction of sp³-hybridized carbons (Fsp3) is 0.125. The van der Waals surface area contributed by atoms with Gasteiger partial charge in [0, 0.05) is 11.3 Å². The lowest BCUT2D eigenvalue weighted by Crippen LogP contribution is -2.02. The summed E-state index contributed by atoms with van der Waals surface area (Å²) in [5.41, 5.74) is 3.77. The Hall–Kier alpha value is -2.62. The molecule has 0 saturated heterocycles. The van der Waals surface area contributed by atoms with E-state index in [-0.39, 0.29) is 5.97 Å². The molecule has 0 fully saturated rings. The molecule has 2 aromatic heterocycles. The maximum atomic E-state index is 12.1. The molecule has 100 valence electrons. The number of hydrogen-bond donors (Lipinski definition) is 0. The maximum Gasteiger partial charge on any atom is 0.342 e. The smallest absolute Gasteiger partial charge is 0.342 e. The van der Waals surface area contributed by atoms with Crippen molar-refractivity contribution in [2.75, 3.05) is 7.11 Å². The minimum atomic E-state index is -0.371. The summed E-state index contributed by atoms with van der Waals surface area (Å²) in [5, 5.41) is 4.57. The van der Waals surface area contributed by atoms with Gasteiger partial charge in [-0.15, -0.1) is 0 Å². The summed E-state index contributed by atoms with van der Waals surface area (Å²) in [7, 11) is 1.39. The second-order valence-corrected chi connectivity index (χ2v) is 4.55. The van der Waals surface area contributed by atoms with E-state index in [0.717, 1.165) is 16.8 Å². The Labute approximate surface area is 116 Å². The topological polar surface area (TPSA) is 43.6 Å². The molecular weight excluding hydrogens is 252 g/mol. The lowest BCUT2D eigenvalue weighted by Gasteiger charge is -2.01. The summed E-state index contributed by atoms with van der Waals surface area (Å²) in [6.45, 7) is 1.95. The molecule has 0 radical (unpaired) electrons. The van der Waals surface area contributed by atoms with Crippen LogP contribution in [0.15, 0.2) is 48.5 Å². The lowest BCUT2D eigenvalue weighted by atomic mass is 10.1. The van der Waals surface area contributed by atoms with E-state index >= 15 is 0 Å². The minimum absolute atomic E-state index is 0.371. The number of rotatable bonds is 2. The summed E-state index contributed by atoms with van der Waals surface area (Å²) in [6.07, 6.45) is 0. The van der Waals surface area contributed by atoms with E-state index in [1.165, 1.54) is 7.11 Å². The third kappa shape index (κ3) is 1.86. The van der Waals surface area contributed by atoms with Crippen LogP contribution in [-0.2, 0) is 4.74 Å². The molecule has 0 spiro atoms. The lowest BCUT2D eigenvalue weighted by molar-refractivity contribution is 0.0604. The molecule has 2 heterocycles. The third-order valence-electron chi connectivity index (χ3n) is 3.28. The maximum absolute atomic E-state index is 12.1. The van der Waals surface area contributed by atoms with Gasteiger partial charge in [0.15, 0.2) is 0 Å². The Morgan fingerprint density at radius 1 is 1.10 bits per heavy atom. The Morgan fingerprint density at radius 2 is 1.85 bits per heavy atom. The van der Waals surface area contributed by atoms with E-state index < -0.39 is 0 Å². The number of methoxy groups -OCH3 is 1. The normalized spacial score (nSPS) is 10.7. The van der Waals surface area contributed by atoms with Crippen LogP contribution in [0.2, 0.25) is 0 Å². The van der Waals surface area contributed by atoms with Gasteiger partial charge < -0.3 is 4.74 Å². The minimum Gasteiger partial charge on any atom is -0.465 e. The van der Waals surface area contributed by atoms with Crippen molar-refractivity contribution in [3.8, 4) is 11.3 Å². The quantitative estimate of drug-likeness (QED) is 0.669. The van der Waals surface area contributed by atoms with E-state index in [2.05, 4.69) is 5.10 Å². The van der Waals surface area contributed by atoms with Crippen LogP contribution in [0, 0.1) is 6.92 Å². The molecule has 3 rings (SSSR count). The van der Waals surface area contributed by atoms with Crippen LogP contribution in [0.25, 0.3) is 16.8 Å². The summed E-state index contributed by atoms with van der Waals surface area (Å²) in [6, 6.07) is 15.4. The van der Waals surface area contributed by atoms with E-state index in [4.69, 9.17) is 4.74 Å². The van der Waals surface area contributed by atoms with E-state index in [1.807, 2.05) is 55.5 Å². The first-order valence-electron chi connectivity index (χ1n) is 6.34. The molecule has 3 aromatic rings. The molecule has 0 atom stereocenters. The van der Waals surface area contributed by atoms with E-state index in [0.29, 0.717) is 11.3 Å². The highest BCUT2D eigenvalue weighted by atomic mass is 16.5. The second-order valence-electron chi connectivity index (χ2n) is 4.55. The van der Waals surface area contributed by atoms with E-state index in [1.54, 1.807) is 4.52 Å². The molecule has 4 heteroatoms. The largest absolute Gasteiger partial charge is 0.465 e. The van der Waals surface area contributed by atoms with Gasteiger partial charge in [-0.1, -0.05) is 36.4 Å². The highest BCUT2D eigenvalue weighted by Gasteiger charge is 2.21. The van der Waals surface area contributed by atoms with Crippen molar-refractivity contribution >= 4 is 11.5 Å². The number of carbonyl (C=O) groups excluding carboxylic acids is 1. The van der Waals surface area contributed by atoms with Crippen LogP contribution in [0.1, 0.15) is 16.1 Å². The first-order valence-corrected chi connectivity index (χ1v) is 6.34. The van der Waals surface area contributed by atoms with Crippen molar-refractivity contribution in [1.82, 2.24) is 9.61 Å². The number of fused-ring (bicyclic) bond motifs is 1. The van der Waals surface area contributed by atoms with Crippen molar-refractivity contribution in [3.05, 3.63) is 59.8 Å². The van der Waals surface area contributed by atoms with Gasteiger partial charge in [0.05, 0.1) is 12.6 Å². The molecule has 4 nitrogen and oxygen atoms in total. The Balaban J connectivity index is 2.36. The van der Waals surface area contributed by atoms with Gasteiger partial charge in [-0.3, -0.25) is 0 Å². The molecule has 0 N–H and O–H groups in total. The van der Waals surface area contributed by atoms with Crippen molar-refractivity contribution in [2.24, 2.45) is 0 Å². The van der Waals surface area contributed by atoms with Gasteiger partial charge in [0.25, 0.3) is 0 Å². The zero-order valence-corrected chi connectivity index (χ0v) is 11.3. The van der Waals surface area contributed by atoms with Crippen molar-refractivity contribution in [1.29, 1.82) is 0 Å². The molecule has 0 bridgehead atoms. The van der Waals surface area contributed by atoms with Crippen LogP contribution >= 0.6 is 0 Å². The average Bonchev–Trinajstić information content (AvgIpc) is 2.88. The second kappa shape index (κ2) is 4.81. The Morgan fingerprint density at radius 3 is 2.55 bits per heavy atom. The molecule has 20 heavy (non-hydrogen) atoms. The van der Waals surface area contributed by atoms with Crippen LogP contribution in [0.5, 0.6) is 0 Å². The number of benzene rings is 1. The summed E-state index contributed by atoms with van der Waals surface area (Å²) >= 11 is 0. The van der Waals surface area contributed by atoms with Crippen molar-refractivity contribution in [2.45, 2.75) is 6.92 Å². The molecule has 0 saturated carbocycles. The standard InChI is InChI=1S/C16H14N2O2/c1-11-7-6-10-13-14(16(19)20-2)15(17-18(11)13)12-8-4-3-5-9-12/h3-10H,1-2H3. The number of hydrogen-bond acceptors (Lipinski definition) is 3. The van der Waals surface area contributed by atoms with Gasteiger partial charge >= 0.3 is 5.97 Å². The fourth-order valence-corrected chi connectivity index (χ4v) is 2.30. The predicted molar refractivity (Wildman–Crippen MR) is 76.7 cm³/mol. The van der Waals surface area contributed by atoms with E-state index in [9.17, 15) is 4.79 Å². The molecule has 0 aliphatic heterocycles. The van der Waals surface area contributed by atoms with Crippen molar-refractivity contribution < 1.29 is 9.53 Å². The van der Waals surface area contributed by atoms with Gasteiger partial charge in [-0.25, -0.2) is 9.31 Å². The Kier molecular flexibility index (Phi) is 2.99. The summed E-state index contributed by atoms with van der Waals surface area (Å²) < 4.78 is 6.68. The molecule has 0 unspecified atom stereocenters. The van der Waals surface area contributed by atoms with Crippen LogP contribution < -0.4 is 0 Å². The number of aryl methyl sites for hydroxylation is 1. The molecule has 0 amide bonds. The van der Waals surface area contributed by atoms with Gasteiger partial charge in [-0.05, 0) is 19.1 Å². The molecule has 0 aliphatic rings. The highest BCUT2D eigenvalue weighted by molar-refractivity contribution is 6.03. The fourth-order valence-electron chi connectivity index (χ4n) is 2.30. The summed E-state index contributed by atoms with van der Waals surface area (Å²) in [4.78, 5) is 12.1. The van der Waals surface area contributed by atoms with Gasteiger partial charge in [0.1, 0.15) is 11.3 Å². The molecule has 0 aliphatic carbocycles. The predicted octanol–water partition coefficient (Wildman–Crippen LogP) is 3.10. The van der Waals surface area contributed by atoms with Crippen molar-refractivity contribution in [3.63, 3.8) is 0 Å². The summed E-state index contributed by atoms with van der Waals surface area (Å²) in [5.74, 6) is -0.371. The van der Waals surface area contributed by atoms with Gasteiger partial charge in [0.2, 0.25) is 0 Å². The molecular formula is C16H14N2O2. The SMILES string of the molecule is COC(=O)c1c(-c2ccccc2)nn2c(C)cccc12. The number of nitrogens with zero attached hydrogens (tertiary/aromatic N) is 2. The zero-order chi connectivity index (χ0) is 14.1. The first kappa shape index (κ1) is 12.4. The number of pyridine rings is 1. The average molecular weight is 266 g/mol. The Bertz CT molecular complexity index is 776. The number of carbonyl (C=O) groups is 1. The van der Waals surface area contributed by atoms with Crippen LogP contribution in [0.3, 0.4) is 0 Å². The zero-order valence-electron chi connectivity index (χ0n) is 11.3. The first-order chi connectivity index (χ1) is 9.72. The number of ether oxygens (including phenoxy) is 1. The monoisotopic (exact) mass is 266 g/mol. The van der Waals surface area contributed by atoms with Gasteiger partial charge in [-0.2, -0.15) is 5.10 Å². The third-order valence-corrected chi connectivity index (χ3v) is 3.28. The number of aromatic nitrogens is 2. The molecule has 1 aromatic carbocycles. The highest BCUT2D eigenvalue weighted by Crippen LogP contribution is 2.27. The number of esters is 1. The van der Waals surface area contributed by atoms with Crippen LogP contribution in [0.4, 0.5) is 0 Å².